The molecule has 1 aromatic heterocycles. The Balaban J connectivity index is 1.37. The number of rotatable bonds is 8. The second kappa shape index (κ2) is 10.6. The van der Waals surface area contributed by atoms with E-state index >= 15 is 0 Å². The summed E-state index contributed by atoms with van der Waals surface area (Å²) in [5.74, 6) is 0.973. The molecule has 33 heavy (non-hydrogen) atoms. The largest absolute Gasteiger partial charge is 0.348 e. The molecule has 0 unspecified atom stereocenters. The van der Waals surface area contributed by atoms with Crippen LogP contribution in [-0.2, 0) is 18.8 Å². The number of halogens is 2. The highest BCUT2D eigenvalue weighted by molar-refractivity contribution is 7.98. The van der Waals surface area contributed by atoms with E-state index < -0.39 is 0 Å². The van der Waals surface area contributed by atoms with Crippen molar-refractivity contribution in [2.24, 2.45) is 0 Å². The van der Waals surface area contributed by atoms with Crippen molar-refractivity contribution in [2.75, 3.05) is 0 Å². The number of hydrogen-bond donors (Lipinski definition) is 1. The van der Waals surface area contributed by atoms with E-state index in [1.165, 1.54) is 12.1 Å². The van der Waals surface area contributed by atoms with Crippen molar-refractivity contribution in [3.63, 3.8) is 0 Å². The van der Waals surface area contributed by atoms with Crippen LogP contribution in [0.1, 0.15) is 28.4 Å². The molecule has 4 rings (SSSR count). The first kappa shape index (κ1) is 23.0. The number of aromatic nitrogens is 3. The summed E-state index contributed by atoms with van der Waals surface area (Å²) in [7, 11) is 0. The molecule has 1 N–H and O–H groups in total. The molecule has 0 saturated carbocycles. The zero-order valence-electron chi connectivity index (χ0n) is 18.0. The van der Waals surface area contributed by atoms with Gasteiger partial charge in [-0.05, 0) is 54.4 Å². The molecule has 0 spiro atoms. The molecule has 0 saturated heterocycles. The van der Waals surface area contributed by atoms with Crippen LogP contribution in [0.5, 0.6) is 0 Å². The van der Waals surface area contributed by atoms with Gasteiger partial charge in [-0.25, -0.2) is 4.39 Å². The average Bonchev–Trinajstić information content (AvgIpc) is 3.25. The summed E-state index contributed by atoms with van der Waals surface area (Å²) in [5, 5.41) is 13.0. The second-order valence-electron chi connectivity index (χ2n) is 7.33. The number of nitrogens with zero attached hydrogens (tertiary/aromatic N) is 3. The zero-order valence-corrected chi connectivity index (χ0v) is 19.5. The van der Waals surface area contributed by atoms with Gasteiger partial charge in [-0.2, -0.15) is 0 Å². The lowest BCUT2D eigenvalue weighted by atomic mass is 10.1. The molecular formula is C25H22ClFN4OS. The Bertz CT molecular complexity index is 1240. The lowest BCUT2D eigenvalue weighted by Crippen LogP contribution is -2.22. The van der Waals surface area contributed by atoms with Gasteiger partial charge in [0.05, 0.1) is 5.02 Å². The van der Waals surface area contributed by atoms with Gasteiger partial charge in [0, 0.05) is 30.0 Å². The van der Waals surface area contributed by atoms with E-state index in [1.807, 2.05) is 47.9 Å². The number of amides is 1. The predicted octanol–water partition coefficient (Wildman–Crippen LogP) is 5.98. The minimum atomic E-state index is -0.296. The molecule has 5 nitrogen and oxygen atoms in total. The first-order valence-corrected chi connectivity index (χ1v) is 11.8. The summed E-state index contributed by atoms with van der Waals surface area (Å²) in [6.07, 6.45) is 0. The van der Waals surface area contributed by atoms with Gasteiger partial charge in [0.25, 0.3) is 5.91 Å². The summed E-state index contributed by atoms with van der Waals surface area (Å²) < 4.78 is 15.0. The van der Waals surface area contributed by atoms with Crippen LogP contribution < -0.4 is 5.32 Å². The first-order valence-electron chi connectivity index (χ1n) is 10.5. The van der Waals surface area contributed by atoms with Gasteiger partial charge in [-0.1, -0.05) is 59.8 Å². The molecule has 8 heteroatoms. The van der Waals surface area contributed by atoms with Gasteiger partial charge in [0.15, 0.2) is 11.0 Å². The van der Waals surface area contributed by atoms with Crippen molar-refractivity contribution in [3.8, 4) is 11.4 Å². The van der Waals surface area contributed by atoms with Gasteiger partial charge in [0.2, 0.25) is 0 Å². The third-order valence-corrected chi connectivity index (χ3v) is 6.47. The van der Waals surface area contributed by atoms with Crippen LogP contribution in [0.2, 0.25) is 5.02 Å². The molecular weight excluding hydrogens is 459 g/mol. The Morgan fingerprint density at radius 1 is 1.00 bits per heavy atom. The standard InChI is InChI=1S/C25H22ClFN4OS/c1-2-31-23(21-5-3-4-6-22(21)26)29-30-25(31)33-16-18-7-11-19(12-8-18)24(32)28-15-17-9-13-20(27)14-10-17/h3-14H,2,15-16H2,1H3,(H,28,32). The summed E-state index contributed by atoms with van der Waals surface area (Å²) in [5.41, 5.74) is 3.34. The summed E-state index contributed by atoms with van der Waals surface area (Å²) in [6, 6.07) is 21.1. The van der Waals surface area contributed by atoms with Crippen molar-refractivity contribution in [1.82, 2.24) is 20.1 Å². The van der Waals surface area contributed by atoms with E-state index in [-0.39, 0.29) is 11.7 Å². The Hall–Kier alpha value is -3.16. The average molecular weight is 481 g/mol. The van der Waals surface area contributed by atoms with E-state index in [4.69, 9.17) is 11.6 Å². The lowest BCUT2D eigenvalue weighted by molar-refractivity contribution is 0.0951. The van der Waals surface area contributed by atoms with Crippen LogP contribution in [0.4, 0.5) is 4.39 Å². The van der Waals surface area contributed by atoms with E-state index in [0.29, 0.717) is 22.9 Å². The minimum absolute atomic E-state index is 0.173. The fourth-order valence-corrected chi connectivity index (χ4v) is 4.49. The highest BCUT2D eigenvalue weighted by atomic mass is 35.5. The lowest BCUT2D eigenvalue weighted by Gasteiger charge is -2.09. The molecule has 0 aliphatic carbocycles. The monoisotopic (exact) mass is 480 g/mol. The molecule has 0 atom stereocenters. The Kier molecular flexibility index (Phi) is 7.42. The summed E-state index contributed by atoms with van der Waals surface area (Å²) in [4.78, 5) is 12.4. The van der Waals surface area contributed by atoms with Crippen LogP contribution in [-0.4, -0.2) is 20.7 Å². The molecule has 1 heterocycles. The third-order valence-electron chi connectivity index (χ3n) is 5.10. The number of nitrogens with one attached hydrogen (secondary N) is 1. The van der Waals surface area contributed by atoms with Crippen molar-refractivity contribution < 1.29 is 9.18 Å². The topological polar surface area (TPSA) is 59.8 Å². The highest BCUT2D eigenvalue weighted by Gasteiger charge is 2.15. The molecule has 0 aliphatic heterocycles. The van der Waals surface area contributed by atoms with Crippen molar-refractivity contribution in [2.45, 2.75) is 30.9 Å². The molecule has 1 amide bonds. The predicted molar refractivity (Wildman–Crippen MR) is 130 cm³/mol. The van der Waals surface area contributed by atoms with Crippen LogP contribution in [0.25, 0.3) is 11.4 Å². The SMILES string of the molecule is CCn1c(SCc2ccc(C(=O)NCc3ccc(F)cc3)cc2)nnc1-c1ccccc1Cl. The maximum atomic E-state index is 13.0. The van der Waals surface area contributed by atoms with E-state index in [9.17, 15) is 9.18 Å². The van der Waals surface area contributed by atoms with Crippen molar-refractivity contribution >= 4 is 29.3 Å². The van der Waals surface area contributed by atoms with Crippen molar-refractivity contribution in [3.05, 3.63) is 100 Å². The van der Waals surface area contributed by atoms with Crippen LogP contribution in [0, 0.1) is 5.82 Å². The third kappa shape index (κ3) is 5.61. The van der Waals surface area contributed by atoms with E-state index in [1.54, 1.807) is 36.0 Å². The maximum absolute atomic E-state index is 13.0. The van der Waals surface area contributed by atoms with E-state index in [0.717, 1.165) is 34.2 Å². The zero-order chi connectivity index (χ0) is 23.2. The molecule has 168 valence electrons. The van der Waals surface area contributed by atoms with Gasteiger partial charge in [0.1, 0.15) is 5.82 Å². The molecule has 0 bridgehead atoms. The fraction of sp³-hybridized carbons (Fsp3) is 0.160. The fourth-order valence-electron chi connectivity index (χ4n) is 3.31. The highest BCUT2D eigenvalue weighted by Crippen LogP contribution is 2.30. The minimum Gasteiger partial charge on any atom is -0.348 e. The van der Waals surface area contributed by atoms with Crippen LogP contribution >= 0.6 is 23.4 Å². The molecule has 0 radical (unpaired) electrons. The Labute approximate surface area is 201 Å². The Morgan fingerprint density at radius 2 is 1.70 bits per heavy atom. The second-order valence-corrected chi connectivity index (χ2v) is 8.67. The number of carbonyl (C=O) groups is 1. The normalized spacial score (nSPS) is 10.9. The van der Waals surface area contributed by atoms with Crippen LogP contribution in [0.3, 0.4) is 0 Å². The van der Waals surface area contributed by atoms with Gasteiger partial charge in [-0.15, -0.1) is 10.2 Å². The molecule has 4 aromatic rings. The van der Waals surface area contributed by atoms with Crippen LogP contribution in [0.15, 0.2) is 78.0 Å². The number of hydrogen-bond acceptors (Lipinski definition) is 4. The Morgan fingerprint density at radius 3 is 2.39 bits per heavy atom. The van der Waals surface area contributed by atoms with Gasteiger partial charge < -0.3 is 9.88 Å². The smallest absolute Gasteiger partial charge is 0.251 e. The quantitative estimate of drug-likeness (QED) is 0.315. The number of thioether (sulfide) groups is 1. The van der Waals surface area contributed by atoms with Gasteiger partial charge >= 0.3 is 0 Å². The first-order chi connectivity index (χ1) is 16.0. The summed E-state index contributed by atoms with van der Waals surface area (Å²) >= 11 is 7.92. The van der Waals surface area contributed by atoms with Gasteiger partial charge in [-0.3, -0.25) is 4.79 Å². The molecule has 0 aliphatic rings. The number of carbonyl (C=O) groups excluding carboxylic acids is 1. The summed E-state index contributed by atoms with van der Waals surface area (Å²) in [6.45, 7) is 3.12. The maximum Gasteiger partial charge on any atom is 0.251 e. The number of benzene rings is 3. The molecule has 3 aromatic carbocycles. The molecule has 0 fully saturated rings. The van der Waals surface area contributed by atoms with Crippen molar-refractivity contribution in [1.29, 1.82) is 0 Å². The van der Waals surface area contributed by atoms with E-state index in [2.05, 4.69) is 15.5 Å².